The van der Waals surface area contributed by atoms with Gasteiger partial charge in [0.1, 0.15) is 0 Å². The summed E-state index contributed by atoms with van der Waals surface area (Å²) in [6, 6.07) is 7.87. The molecule has 0 fully saturated rings. The molecule has 14 heavy (non-hydrogen) atoms. The molecule has 0 aromatic heterocycles. The summed E-state index contributed by atoms with van der Waals surface area (Å²) in [5.41, 5.74) is 1.10. The number of halogens is 1. The molecule has 0 unspecified atom stereocenters. The van der Waals surface area contributed by atoms with Gasteiger partial charge in [-0.2, -0.15) is 12.6 Å². The van der Waals surface area contributed by atoms with E-state index in [9.17, 15) is 4.79 Å². The number of carbonyl (C=O) groups is 1. The van der Waals surface area contributed by atoms with E-state index >= 15 is 0 Å². The Bertz CT molecular complexity index is 299. The first kappa shape index (κ1) is 11.6. The van der Waals surface area contributed by atoms with Crippen molar-refractivity contribution in [3.05, 3.63) is 34.3 Å². The molecule has 4 heteroatoms. The molecule has 0 saturated carbocycles. The van der Waals surface area contributed by atoms with Crippen molar-refractivity contribution in [3.8, 4) is 0 Å². The molecule has 0 saturated heterocycles. The molecule has 0 bridgehead atoms. The fraction of sp³-hybridized carbons (Fsp3) is 0.300. The number of amides is 1. The van der Waals surface area contributed by atoms with E-state index in [2.05, 4.69) is 33.9 Å². The van der Waals surface area contributed by atoms with E-state index in [1.165, 1.54) is 0 Å². The second kappa shape index (κ2) is 6.09. The zero-order chi connectivity index (χ0) is 10.4. The minimum absolute atomic E-state index is 0.0444. The average molecular weight is 274 g/mol. The zero-order valence-corrected chi connectivity index (χ0v) is 10.1. The second-order valence-corrected chi connectivity index (χ2v) is 4.24. The van der Waals surface area contributed by atoms with Crippen molar-refractivity contribution in [2.24, 2.45) is 0 Å². The Kier molecular flexibility index (Phi) is 5.04. The fourth-order valence-electron chi connectivity index (χ4n) is 0.993. The van der Waals surface area contributed by atoms with Crippen LogP contribution in [-0.4, -0.2) is 11.7 Å². The maximum atomic E-state index is 11.1. The molecule has 1 aromatic rings. The molecule has 0 heterocycles. The maximum absolute atomic E-state index is 11.1. The molecule has 76 valence electrons. The van der Waals surface area contributed by atoms with Crippen molar-refractivity contribution in [1.82, 2.24) is 5.32 Å². The summed E-state index contributed by atoms with van der Waals surface area (Å²) >= 11 is 7.34. The van der Waals surface area contributed by atoms with Crippen LogP contribution in [0.1, 0.15) is 12.0 Å². The van der Waals surface area contributed by atoms with Crippen molar-refractivity contribution in [2.45, 2.75) is 13.0 Å². The van der Waals surface area contributed by atoms with Crippen molar-refractivity contribution in [2.75, 3.05) is 5.75 Å². The molecule has 2 nitrogen and oxygen atoms in total. The van der Waals surface area contributed by atoms with Crippen LogP contribution in [0.4, 0.5) is 0 Å². The topological polar surface area (TPSA) is 29.1 Å². The van der Waals surface area contributed by atoms with Crippen LogP contribution in [-0.2, 0) is 11.3 Å². The van der Waals surface area contributed by atoms with Gasteiger partial charge in [-0.3, -0.25) is 4.79 Å². The summed E-state index contributed by atoms with van der Waals surface area (Å²) in [6.45, 7) is 0.583. The Balaban J connectivity index is 2.38. The van der Waals surface area contributed by atoms with E-state index in [0.29, 0.717) is 18.7 Å². The molecule has 0 radical (unpaired) electrons. The SMILES string of the molecule is O=C(CCS)NCc1ccc(Br)cc1. The molecule has 0 aliphatic carbocycles. The number of benzene rings is 1. The Labute approximate surface area is 97.6 Å². The third-order valence-electron chi connectivity index (χ3n) is 1.74. The third kappa shape index (κ3) is 4.15. The van der Waals surface area contributed by atoms with Gasteiger partial charge in [-0.05, 0) is 23.4 Å². The van der Waals surface area contributed by atoms with E-state index in [4.69, 9.17) is 0 Å². The fourth-order valence-corrected chi connectivity index (χ4v) is 1.46. The number of hydrogen-bond acceptors (Lipinski definition) is 2. The molecule has 1 rings (SSSR count). The molecule has 1 aromatic carbocycles. The van der Waals surface area contributed by atoms with Crippen LogP contribution >= 0.6 is 28.6 Å². The van der Waals surface area contributed by atoms with Crippen molar-refractivity contribution >= 4 is 34.5 Å². The Morgan fingerprint density at radius 2 is 2.00 bits per heavy atom. The number of carbonyl (C=O) groups excluding carboxylic acids is 1. The molecule has 0 spiro atoms. The lowest BCUT2D eigenvalue weighted by Crippen LogP contribution is -2.22. The molecular formula is C10H12BrNOS. The summed E-state index contributed by atoms with van der Waals surface area (Å²) in [5, 5.41) is 2.82. The summed E-state index contributed by atoms with van der Waals surface area (Å²) in [7, 11) is 0. The highest BCUT2D eigenvalue weighted by Crippen LogP contribution is 2.10. The van der Waals surface area contributed by atoms with Gasteiger partial charge in [0.15, 0.2) is 0 Å². The molecule has 1 amide bonds. The van der Waals surface area contributed by atoms with Gasteiger partial charge >= 0.3 is 0 Å². The third-order valence-corrected chi connectivity index (χ3v) is 2.49. The monoisotopic (exact) mass is 273 g/mol. The highest BCUT2D eigenvalue weighted by molar-refractivity contribution is 9.10. The van der Waals surface area contributed by atoms with E-state index in [0.717, 1.165) is 10.0 Å². The predicted octanol–water partition coefficient (Wildman–Crippen LogP) is 2.39. The van der Waals surface area contributed by atoms with Gasteiger partial charge in [-0.25, -0.2) is 0 Å². The van der Waals surface area contributed by atoms with Gasteiger partial charge in [0, 0.05) is 17.4 Å². The smallest absolute Gasteiger partial charge is 0.221 e. The summed E-state index contributed by atoms with van der Waals surface area (Å²) in [4.78, 5) is 11.1. The van der Waals surface area contributed by atoms with Crippen LogP contribution < -0.4 is 5.32 Å². The van der Waals surface area contributed by atoms with Gasteiger partial charge in [0.25, 0.3) is 0 Å². The van der Waals surface area contributed by atoms with Gasteiger partial charge in [0.05, 0.1) is 0 Å². The van der Waals surface area contributed by atoms with Gasteiger partial charge in [0.2, 0.25) is 5.91 Å². The molecule has 0 atom stereocenters. The minimum Gasteiger partial charge on any atom is -0.352 e. The Hall–Kier alpha value is -0.480. The van der Waals surface area contributed by atoms with Gasteiger partial charge in [-0.15, -0.1) is 0 Å². The average Bonchev–Trinajstić information content (AvgIpc) is 2.17. The lowest BCUT2D eigenvalue weighted by Gasteiger charge is -2.03. The summed E-state index contributed by atoms with van der Waals surface area (Å²) in [5.74, 6) is 0.634. The quantitative estimate of drug-likeness (QED) is 0.811. The molecule has 1 N–H and O–H groups in total. The van der Waals surface area contributed by atoms with Crippen LogP contribution in [0.15, 0.2) is 28.7 Å². The highest BCUT2D eigenvalue weighted by Gasteiger charge is 1.98. The minimum atomic E-state index is 0.0444. The lowest BCUT2D eigenvalue weighted by atomic mass is 10.2. The van der Waals surface area contributed by atoms with Crippen LogP contribution in [0.5, 0.6) is 0 Å². The van der Waals surface area contributed by atoms with Crippen molar-refractivity contribution in [3.63, 3.8) is 0 Å². The van der Waals surface area contributed by atoms with Crippen molar-refractivity contribution < 1.29 is 4.79 Å². The zero-order valence-electron chi connectivity index (χ0n) is 7.66. The normalized spacial score (nSPS) is 9.86. The standard InChI is InChI=1S/C10H12BrNOS/c11-9-3-1-8(2-4-9)7-12-10(13)5-6-14/h1-4,14H,5-7H2,(H,12,13). The van der Waals surface area contributed by atoms with Crippen LogP contribution in [0.2, 0.25) is 0 Å². The largest absolute Gasteiger partial charge is 0.352 e. The number of nitrogens with one attached hydrogen (secondary N) is 1. The second-order valence-electron chi connectivity index (χ2n) is 2.88. The van der Waals surface area contributed by atoms with E-state index in [1.807, 2.05) is 24.3 Å². The first-order chi connectivity index (χ1) is 6.72. The summed E-state index contributed by atoms with van der Waals surface area (Å²) < 4.78 is 1.04. The highest BCUT2D eigenvalue weighted by atomic mass is 79.9. The number of rotatable bonds is 4. The van der Waals surface area contributed by atoms with E-state index in [-0.39, 0.29) is 5.91 Å². The Morgan fingerprint density at radius 1 is 1.36 bits per heavy atom. The number of thiol groups is 1. The maximum Gasteiger partial charge on any atom is 0.221 e. The summed E-state index contributed by atoms with van der Waals surface area (Å²) in [6.07, 6.45) is 0.472. The lowest BCUT2D eigenvalue weighted by molar-refractivity contribution is -0.120. The first-order valence-corrected chi connectivity index (χ1v) is 5.77. The van der Waals surface area contributed by atoms with Crippen LogP contribution in [0.3, 0.4) is 0 Å². The van der Waals surface area contributed by atoms with Crippen molar-refractivity contribution in [1.29, 1.82) is 0 Å². The number of hydrogen-bond donors (Lipinski definition) is 2. The first-order valence-electron chi connectivity index (χ1n) is 4.34. The van der Waals surface area contributed by atoms with Crippen LogP contribution in [0.25, 0.3) is 0 Å². The van der Waals surface area contributed by atoms with E-state index in [1.54, 1.807) is 0 Å². The Morgan fingerprint density at radius 3 is 2.57 bits per heavy atom. The van der Waals surface area contributed by atoms with Crippen LogP contribution in [0, 0.1) is 0 Å². The predicted molar refractivity (Wildman–Crippen MR) is 64.5 cm³/mol. The van der Waals surface area contributed by atoms with Gasteiger partial charge < -0.3 is 5.32 Å². The van der Waals surface area contributed by atoms with E-state index < -0.39 is 0 Å². The molecule has 0 aliphatic heterocycles. The van der Waals surface area contributed by atoms with Gasteiger partial charge in [-0.1, -0.05) is 28.1 Å². The molecular weight excluding hydrogens is 262 g/mol. The molecule has 0 aliphatic rings.